The molecule has 162 valence electrons. The second-order valence-corrected chi connectivity index (χ2v) is 8.55. The van der Waals surface area contributed by atoms with Crippen molar-refractivity contribution >= 4 is 46.6 Å². The predicted octanol–water partition coefficient (Wildman–Crippen LogP) is 5.93. The summed E-state index contributed by atoms with van der Waals surface area (Å²) < 4.78 is 10.6. The van der Waals surface area contributed by atoms with Gasteiger partial charge in [-0.3, -0.25) is 14.5 Å². The third-order valence-corrected chi connectivity index (χ3v) is 6.09. The number of benzene rings is 2. The lowest BCUT2D eigenvalue weighted by Crippen LogP contribution is -2.27. The van der Waals surface area contributed by atoms with Crippen molar-refractivity contribution in [3.05, 3.63) is 87.0 Å². The summed E-state index contributed by atoms with van der Waals surface area (Å²) in [4.78, 5) is 38.6. The number of rotatable bonds is 5. The van der Waals surface area contributed by atoms with Crippen molar-refractivity contribution in [2.45, 2.75) is 13.5 Å². The van der Waals surface area contributed by atoms with Crippen LogP contribution in [-0.2, 0) is 16.1 Å². The summed E-state index contributed by atoms with van der Waals surface area (Å²) >= 11 is 6.94. The Hall–Kier alpha value is -3.29. The summed E-state index contributed by atoms with van der Waals surface area (Å²) in [5, 5.41) is -0.0513. The van der Waals surface area contributed by atoms with Gasteiger partial charge in [0, 0.05) is 11.6 Å². The average molecular weight is 468 g/mol. The van der Waals surface area contributed by atoms with Gasteiger partial charge in [0.1, 0.15) is 11.5 Å². The van der Waals surface area contributed by atoms with E-state index < -0.39 is 5.97 Å². The minimum Gasteiger partial charge on any atom is -0.465 e. The Morgan fingerprint density at radius 1 is 1.16 bits per heavy atom. The number of imide groups is 1. The highest BCUT2D eigenvalue weighted by molar-refractivity contribution is 8.18. The molecule has 0 unspecified atom stereocenters. The molecular formula is C24H18ClNO5S. The standard InChI is InChI=1S/C24H18ClNO5S/c1-14-4-3-5-15(10-14)13-26-22(27)21(32-24(26)29)12-17-7-9-20(31-17)16-6-8-19(25)18(11-16)23(28)30-2/h3-12H,13H2,1-2H3/b21-12+. The van der Waals surface area contributed by atoms with E-state index in [9.17, 15) is 14.4 Å². The minimum atomic E-state index is -0.550. The van der Waals surface area contributed by atoms with E-state index in [1.807, 2.05) is 31.2 Å². The number of halogens is 1. The first kappa shape index (κ1) is 21.9. The lowest BCUT2D eigenvalue weighted by Gasteiger charge is -2.12. The molecule has 0 bridgehead atoms. The van der Waals surface area contributed by atoms with Crippen LogP contribution >= 0.6 is 23.4 Å². The highest BCUT2D eigenvalue weighted by Crippen LogP contribution is 2.34. The van der Waals surface area contributed by atoms with Gasteiger partial charge in [-0.2, -0.15) is 0 Å². The van der Waals surface area contributed by atoms with Gasteiger partial charge in [-0.15, -0.1) is 0 Å². The number of thioether (sulfide) groups is 1. The van der Waals surface area contributed by atoms with Gasteiger partial charge in [0.25, 0.3) is 11.1 Å². The Morgan fingerprint density at radius 3 is 2.72 bits per heavy atom. The summed E-state index contributed by atoms with van der Waals surface area (Å²) in [5.41, 5.74) is 2.80. The van der Waals surface area contributed by atoms with Crippen LogP contribution in [0.2, 0.25) is 5.02 Å². The molecule has 2 amide bonds. The third-order valence-electron chi connectivity index (χ3n) is 4.85. The molecule has 1 aliphatic rings. The number of hydrogen-bond acceptors (Lipinski definition) is 6. The molecule has 2 heterocycles. The van der Waals surface area contributed by atoms with Crippen molar-refractivity contribution < 1.29 is 23.5 Å². The molecule has 32 heavy (non-hydrogen) atoms. The van der Waals surface area contributed by atoms with E-state index in [0.717, 1.165) is 22.9 Å². The first-order valence-corrected chi connectivity index (χ1v) is 10.8. The molecule has 0 spiro atoms. The van der Waals surface area contributed by atoms with Crippen LogP contribution in [0.1, 0.15) is 27.2 Å². The normalized spacial score (nSPS) is 15.0. The fourth-order valence-corrected chi connectivity index (χ4v) is 4.30. The van der Waals surface area contributed by atoms with Crippen LogP contribution in [0, 0.1) is 6.92 Å². The molecule has 8 heteroatoms. The topological polar surface area (TPSA) is 76.8 Å². The average Bonchev–Trinajstić information content (AvgIpc) is 3.34. The van der Waals surface area contributed by atoms with Crippen molar-refractivity contribution in [3.63, 3.8) is 0 Å². The summed E-state index contributed by atoms with van der Waals surface area (Å²) in [6, 6.07) is 16.0. The molecule has 0 N–H and O–H groups in total. The second kappa shape index (κ2) is 9.06. The van der Waals surface area contributed by atoms with Crippen LogP contribution < -0.4 is 0 Å². The van der Waals surface area contributed by atoms with Gasteiger partial charge in [-0.25, -0.2) is 4.79 Å². The maximum atomic E-state index is 12.8. The molecule has 0 radical (unpaired) electrons. The molecule has 1 aliphatic heterocycles. The fraction of sp³-hybridized carbons (Fsp3) is 0.125. The van der Waals surface area contributed by atoms with Crippen LogP contribution in [-0.4, -0.2) is 29.1 Å². The highest BCUT2D eigenvalue weighted by Gasteiger charge is 2.35. The van der Waals surface area contributed by atoms with E-state index in [1.165, 1.54) is 12.0 Å². The zero-order valence-corrected chi connectivity index (χ0v) is 18.8. The van der Waals surface area contributed by atoms with Gasteiger partial charge in [0.05, 0.1) is 29.1 Å². The van der Waals surface area contributed by atoms with Crippen LogP contribution in [0.5, 0.6) is 0 Å². The number of aryl methyl sites for hydroxylation is 1. The summed E-state index contributed by atoms with van der Waals surface area (Å²) in [7, 11) is 1.28. The summed E-state index contributed by atoms with van der Waals surface area (Å²) in [6.07, 6.45) is 1.54. The Morgan fingerprint density at radius 2 is 1.97 bits per heavy atom. The number of carbonyl (C=O) groups excluding carboxylic acids is 3. The molecule has 0 aliphatic carbocycles. The largest absolute Gasteiger partial charge is 0.465 e. The molecule has 1 fully saturated rings. The van der Waals surface area contributed by atoms with Gasteiger partial charge >= 0.3 is 5.97 Å². The smallest absolute Gasteiger partial charge is 0.339 e. The lowest BCUT2D eigenvalue weighted by atomic mass is 10.1. The van der Waals surface area contributed by atoms with Crippen molar-refractivity contribution in [1.29, 1.82) is 0 Å². The van der Waals surface area contributed by atoms with Crippen LogP contribution in [0.3, 0.4) is 0 Å². The summed E-state index contributed by atoms with van der Waals surface area (Å²) in [6.45, 7) is 2.18. The Balaban J connectivity index is 1.55. The molecule has 0 atom stereocenters. The van der Waals surface area contributed by atoms with Gasteiger partial charge in [-0.05, 0) is 54.6 Å². The van der Waals surface area contributed by atoms with E-state index in [1.54, 1.807) is 36.4 Å². The van der Waals surface area contributed by atoms with Crippen LogP contribution in [0.25, 0.3) is 17.4 Å². The molecule has 2 aromatic carbocycles. The molecular weight excluding hydrogens is 450 g/mol. The van der Waals surface area contributed by atoms with Crippen LogP contribution in [0.15, 0.2) is 63.9 Å². The number of furan rings is 1. The summed E-state index contributed by atoms with van der Waals surface area (Å²) in [5.74, 6) is -0.0162. The van der Waals surface area contributed by atoms with E-state index in [-0.39, 0.29) is 33.2 Å². The quantitative estimate of drug-likeness (QED) is 0.342. The van der Waals surface area contributed by atoms with Crippen molar-refractivity contribution in [1.82, 2.24) is 4.90 Å². The number of methoxy groups -OCH3 is 1. The first-order valence-electron chi connectivity index (χ1n) is 9.64. The molecule has 0 saturated carbocycles. The van der Waals surface area contributed by atoms with Gasteiger partial charge in [0.15, 0.2) is 0 Å². The third kappa shape index (κ3) is 4.49. The molecule has 1 saturated heterocycles. The van der Waals surface area contributed by atoms with Crippen molar-refractivity contribution in [3.8, 4) is 11.3 Å². The van der Waals surface area contributed by atoms with Gasteiger partial charge < -0.3 is 9.15 Å². The van der Waals surface area contributed by atoms with Crippen molar-refractivity contribution in [2.24, 2.45) is 0 Å². The van der Waals surface area contributed by atoms with E-state index in [0.29, 0.717) is 17.1 Å². The van der Waals surface area contributed by atoms with E-state index in [4.69, 9.17) is 20.8 Å². The predicted molar refractivity (Wildman–Crippen MR) is 123 cm³/mol. The van der Waals surface area contributed by atoms with Gasteiger partial charge in [0.2, 0.25) is 0 Å². The number of amides is 2. The minimum absolute atomic E-state index is 0.216. The Kier molecular flexibility index (Phi) is 6.21. The van der Waals surface area contributed by atoms with Gasteiger partial charge in [-0.1, -0.05) is 41.4 Å². The fourth-order valence-electron chi connectivity index (χ4n) is 3.29. The van der Waals surface area contributed by atoms with E-state index in [2.05, 4.69) is 0 Å². The number of hydrogen-bond donors (Lipinski definition) is 0. The molecule has 1 aromatic heterocycles. The monoisotopic (exact) mass is 467 g/mol. The molecule has 6 nitrogen and oxygen atoms in total. The number of carbonyl (C=O) groups is 3. The SMILES string of the molecule is COC(=O)c1cc(-c2ccc(/C=C3/SC(=O)N(Cc4cccc(C)c4)C3=O)o2)ccc1Cl. The Labute approximate surface area is 193 Å². The number of nitrogens with zero attached hydrogens (tertiary/aromatic N) is 1. The first-order chi connectivity index (χ1) is 15.4. The number of esters is 1. The lowest BCUT2D eigenvalue weighted by molar-refractivity contribution is -0.123. The maximum Gasteiger partial charge on any atom is 0.339 e. The van der Waals surface area contributed by atoms with E-state index >= 15 is 0 Å². The van der Waals surface area contributed by atoms with Crippen LogP contribution in [0.4, 0.5) is 4.79 Å². The number of ether oxygens (including phenoxy) is 1. The second-order valence-electron chi connectivity index (χ2n) is 7.15. The zero-order valence-electron chi connectivity index (χ0n) is 17.3. The maximum absolute atomic E-state index is 12.8. The highest BCUT2D eigenvalue weighted by atomic mass is 35.5. The molecule has 4 rings (SSSR count). The molecule has 3 aromatic rings. The Bertz CT molecular complexity index is 1260. The van der Waals surface area contributed by atoms with Crippen molar-refractivity contribution in [2.75, 3.05) is 7.11 Å². The zero-order chi connectivity index (χ0) is 22.8.